The molecule has 21 heavy (non-hydrogen) atoms. The van der Waals surface area contributed by atoms with E-state index >= 15 is 0 Å². The van der Waals surface area contributed by atoms with Crippen LogP contribution >= 0.6 is 0 Å². The third kappa shape index (κ3) is 4.34. The van der Waals surface area contributed by atoms with Crippen LogP contribution in [0.1, 0.15) is 31.7 Å². The van der Waals surface area contributed by atoms with Gasteiger partial charge in [0.25, 0.3) is 10.1 Å². The second-order valence-electron chi connectivity index (χ2n) is 5.07. The zero-order valence-corrected chi connectivity index (χ0v) is 12.8. The van der Waals surface area contributed by atoms with Crippen LogP contribution in [0.4, 0.5) is 0 Å². The molecule has 7 heteroatoms. The molecule has 1 aromatic carbocycles. The Morgan fingerprint density at radius 3 is 2.52 bits per heavy atom. The number of nitrogens with two attached hydrogens (primary N) is 2. The van der Waals surface area contributed by atoms with E-state index in [-0.39, 0.29) is 12.8 Å². The van der Waals surface area contributed by atoms with E-state index in [1.54, 1.807) is 30.3 Å². The van der Waals surface area contributed by atoms with Gasteiger partial charge in [-0.2, -0.15) is 8.42 Å². The topological polar surface area (TPSA) is 123 Å². The number of benzene rings is 1. The second-order valence-corrected chi connectivity index (χ2v) is 6.75. The Hall–Kier alpha value is -1.28. The average molecular weight is 315 g/mol. The molecule has 5 N–H and O–H groups in total. The van der Waals surface area contributed by atoms with E-state index in [1.165, 1.54) is 0 Å². The van der Waals surface area contributed by atoms with Crippen LogP contribution < -0.4 is 11.5 Å². The van der Waals surface area contributed by atoms with Gasteiger partial charge < -0.3 is 11.5 Å². The lowest BCUT2D eigenvalue weighted by atomic mass is 9.95. The molecule has 1 rings (SSSR count). The molecule has 0 aliphatic heterocycles. The number of hydrogen-bond acceptors (Lipinski definition) is 5. The molecule has 0 saturated heterocycles. The monoisotopic (exact) mass is 315 g/mol. The van der Waals surface area contributed by atoms with Crippen LogP contribution in [0.3, 0.4) is 0 Å². The number of hydrogen-bond donors (Lipinski definition) is 3. The molecule has 0 saturated carbocycles. The average Bonchev–Trinajstić information content (AvgIpc) is 2.49. The first-order chi connectivity index (χ1) is 10.3. The van der Waals surface area contributed by atoms with E-state index in [4.69, 9.17) is 7.15 Å². The maximum atomic E-state index is 12.5. The van der Waals surface area contributed by atoms with Crippen molar-refractivity contribution in [2.45, 2.75) is 43.5 Å². The van der Waals surface area contributed by atoms with Crippen LogP contribution in [0.15, 0.2) is 30.3 Å². The van der Waals surface area contributed by atoms with Crippen molar-refractivity contribution in [2.75, 3.05) is 0 Å². The predicted molar refractivity (Wildman–Crippen MR) is 81.1 cm³/mol. The number of ketones is 1. The summed E-state index contributed by atoms with van der Waals surface area (Å²) in [4.78, 5) is 10.1. The van der Waals surface area contributed by atoms with Gasteiger partial charge in [-0.15, -0.1) is 0 Å². The highest BCUT2D eigenvalue weighted by Crippen LogP contribution is 2.21. The van der Waals surface area contributed by atoms with Crippen molar-refractivity contribution in [3.8, 4) is 0 Å². The molecule has 0 heterocycles. The van der Waals surface area contributed by atoms with Crippen molar-refractivity contribution in [1.82, 2.24) is 0 Å². The van der Waals surface area contributed by atoms with Gasteiger partial charge in [0.1, 0.15) is 1.41 Å². The fraction of sp³-hybridized carbons (Fsp3) is 0.500. The van der Waals surface area contributed by atoms with E-state index in [0.717, 1.165) is 5.56 Å². The fourth-order valence-corrected chi connectivity index (χ4v) is 2.85. The highest BCUT2D eigenvalue weighted by Gasteiger charge is 2.47. The zero-order valence-electron chi connectivity index (χ0n) is 13.0. The molecule has 0 fully saturated rings. The summed E-state index contributed by atoms with van der Waals surface area (Å²) >= 11 is 0. The van der Waals surface area contributed by atoms with Crippen LogP contribution in [0, 0.1) is 0 Å². The lowest BCUT2D eigenvalue weighted by molar-refractivity contribution is -0.123. The van der Waals surface area contributed by atoms with E-state index < -0.39 is 26.8 Å². The number of unbranched alkanes of at least 4 members (excludes halogenated alkanes) is 1. The van der Waals surface area contributed by atoms with E-state index in [0.29, 0.717) is 12.8 Å². The maximum absolute atomic E-state index is 12.5. The molecule has 0 amide bonds. The summed E-state index contributed by atoms with van der Waals surface area (Å²) in [6.07, 6.45) is 0.926. The van der Waals surface area contributed by atoms with Gasteiger partial charge in [0.05, 0.1) is 6.04 Å². The van der Waals surface area contributed by atoms with Crippen molar-refractivity contribution in [3.05, 3.63) is 35.9 Å². The molecule has 118 valence electrons. The second kappa shape index (κ2) is 7.13. The molecule has 0 radical (unpaired) electrons. The summed E-state index contributed by atoms with van der Waals surface area (Å²) in [5.41, 5.74) is 8.53. The van der Waals surface area contributed by atoms with Crippen LogP contribution in [0.2, 0.25) is 1.41 Å². The minimum atomic E-state index is -4.78. The minimum absolute atomic E-state index is 0.115. The molecule has 1 unspecified atom stereocenters. The van der Waals surface area contributed by atoms with Crippen LogP contribution in [-0.4, -0.2) is 29.7 Å². The maximum Gasteiger partial charge on any atom is 0.291 e. The Balaban J connectivity index is 3.05. The van der Waals surface area contributed by atoms with Gasteiger partial charge in [-0.25, -0.2) is 0 Å². The summed E-state index contributed by atoms with van der Waals surface area (Å²) in [6.45, 7) is 1.82. The van der Waals surface area contributed by atoms with Gasteiger partial charge >= 0.3 is 0 Å². The van der Waals surface area contributed by atoms with Crippen molar-refractivity contribution in [1.29, 1.82) is 0 Å². The molecule has 0 aromatic heterocycles. The molecular formula is C14H22N2O4S. The minimum Gasteiger partial charge on any atom is -0.321 e. The first kappa shape index (κ1) is 16.1. The highest BCUT2D eigenvalue weighted by molar-refractivity contribution is 7.88. The lowest BCUT2D eigenvalue weighted by Crippen LogP contribution is -2.60. The smallest absolute Gasteiger partial charge is 0.291 e. The van der Waals surface area contributed by atoms with Gasteiger partial charge in [0.2, 0.25) is 4.87 Å². The quantitative estimate of drug-likeness (QED) is 0.581. The van der Waals surface area contributed by atoms with Gasteiger partial charge in [0.15, 0.2) is 5.78 Å². The third-order valence-corrected chi connectivity index (χ3v) is 4.70. The Morgan fingerprint density at radius 2 is 2.05 bits per heavy atom. The van der Waals surface area contributed by atoms with Gasteiger partial charge in [-0.3, -0.25) is 9.35 Å². The number of carbonyl (C=O) groups excluding carboxylic acids is 1. The molecular weight excluding hydrogens is 292 g/mol. The largest absolute Gasteiger partial charge is 0.321 e. The Bertz CT molecular complexity index is 594. The number of rotatable bonds is 9. The SMILES string of the molecule is [2H]N[C@@H](Cc1ccccc1)C(=O)C(N)(CCCC)S(=O)(=O)O. The standard InChI is InChI=1S/C14H22N2O4S/c1-2-3-9-14(16,21(18,19)20)13(17)12(15)10-11-7-5-4-6-8-11/h4-8,12H,2-3,9-10,15-16H2,1H3,(H,18,19,20)/t12-,14?/m0/s1/i/hD. The summed E-state index contributed by atoms with van der Waals surface area (Å²) < 4.78 is 39.9. The Kier molecular flexibility index (Phi) is 5.46. The molecule has 2 atom stereocenters. The van der Waals surface area contributed by atoms with Crippen LogP contribution in [0.5, 0.6) is 0 Å². The molecule has 0 aliphatic carbocycles. The van der Waals surface area contributed by atoms with Gasteiger partial charge in [-0.1, -0.05) is 50.1 Å². The van der Waals surface area contributed by atoms with Gasteiger partial charge in [0, 0.05) is 0 Å². The highest BCUT2D eigenvalue weighted by atomic mass is 32.2. The summed E-state index contributed by atoms with van der Waals surface area (Å²) in [7, 11) is -4.78. The van der Waals surface area contributed by atoms with Crippen molar-refractivity contribution >= 4 is 15.9 Å². The number of carbonyl (C=O) groups is 1. The first-order valence-corrected chi connectivity index (χ1v) is 8.21. The lowest BCUT2D eigenvalue weighted by Gasteiger charge is -2.27. The molecule has 1 aromatic rings. The van der Waals surface area contributed by atoms with Crippen LogP contribution in [-0.2, 0) is 21.3 Å². The van der Waals surface area contributed by atoms with E-state index in [9.17, 15) is 17.8 Å². The molecule has 0 bridgehead atoms. The third-order valence-electron chi connectivity index (χ3n) is 3.38. The number of Topliss-reactive ketones (excluding diaryl/α,β-unsaturated/α-hetero) is 1. The summed E-state index contributed by atoms with van der Waals surface area (Å²) in [5.74, 6) is -0.901. The first-order valence-electron chi connectivity index (χ1n) is 7.27. The van der Waals surface area contributed by atoms with Crippen molar-refractivity contribution in [3.63, 3.8) is 0 Å². The Morgan fingerprint density at radius 1 is 1.43 bits per heavy atom. The zero-order chi connectivity index (χ0) is 16.8. The molecule has 0 spiro atoms. The molecule has 0 aliphatic rings. The van der Waals surface area contributed by atoms with Crippen molar-refractivity contribution in [2.24, 2.45) is 11.5 Å². The normalized spacial score (nSPS) is 16.8. The summed E-state index contributed by atoms with van der Waals surface area (Å²) in [6, 6.07) is 7.75. The van der Waals surface area contributed by atoms with Crippen molar-refractivity contribution < 1.29 is 19.2 Å². The Labute approximate surface area is 126 Å². The molecule has 6 nitrogen and oxygen atoms in total. The van der Waals surface area contributed by atoms with E-state index in [2.05, 4.69) is 0 Å². The van der Waals surface area contributed by atoms with Gasteiger partial charge in [-0.05, 0) is 18.4 Å². The van der Waals surface area contributed by atoms with E-state index in [1.807, 2.05) is 12.7 Å². The fourth-order valence-electron chi connectivity index (χ4n) is 2.06. The van der Waals surface area contributed by atoms with Crippen LogP contribution in [0.25, 0.3) is 0 Å². The predicted octanol–water partition coefficient (Wildman–Crippen LogP) is 0.858. The summed E-state index contributed by atoms with van der Waals surface area (Å²) in [5, 5.41) is 0.